The number of carboxylic acid groups (broad SMARTS) is 1. The molecule has 0 saturated carbocycles. The molecule has 1 aliphatic carbocycles. The molecule has 3 unspecified atom stereocenters. The van der Waals surface area contributed by atoms with Crippen molar-refractivity contribution in [1.29, 1.82) is 0 Å². The molecule has 1 saturated heterocycles. The summed E-state index contributed by atoms with van der Waals surface area (Å²) in [6, 6.07) is 8.85. The molecule has 3 atom stereocenters. The summed E-state index contributed by atoms with van der Waals surface area (Å²) in [6.07, 6.45) is 3.96. The molecule has 2 aliphatic rings. The summed E-state index contributed by atoms with van der Waals surface area (Å²) >= 11 is 0. The minimum atomic E-state index is -0.696. The van der Waals surface area contributed by atoms with E-state index in [1.165, 1.54) is 11.1 Å². The number of aliphatic carboxylic acids is 1. The molecule has 1 fully saturated rings. The number of hydrogen-bond donors (Lipinski definition) is 1. The van der Waals surface area contributed by atoms with Crippen LogP contribution in [0.4, 0.5) is 0 Å². The van der Waals surface area contributed by atoms with Gasteiger partial charge in [0.05, 0.1) is 0 Å². The van der Waals surface area contributed by atoms with Gasteiger partial charge in [-0.25, -0.2) is 0 Å². The SMILES string of the molecule is CC1CCC(N2CCCC2(C)C(=O)O)c2ccccc21. The second-order valence-corrected chi connectivity index (χ2v) is 6.50. The van der Waals surface area contributed by atoms with Gasteiger partial charge >= 0.3 is 5.97 Å². The van der Waals surface area contributed by atoms with Crippen LogP contribution in [0.5, 0.6) is 0 Å². The third-order valence-electron chi connectivity index (χ3n) is 5.29. The van der Waals surface area contributed by atoms with E-state index in [1.807, 2.05) is 6.92 Å². The first-order chi connectivity index (χ1) is 9.54. The van der Waals surface area contributed by atoms with Gasteiger partial charge in [-0.2, -0.15) is 0 Å². The summed E-state index contributed by atoms with van der Waals surface area (Å²) < 4.78 is 0. The van der Waals surface area contributed by atoms with E-state index in [1.54, 1.807) is 0 Å². The fraction of sp³-hybridized carbons (Fsp3) is 0.588. The highest BCUT2D eigenvalue weighted by Gasteiger charge is 2.47. The van der Waals surface area contributed by atoms with Crippen LogP contribution in [0.3, 0.4) is 0 Å². The molecular formula is C17H23NO2. The largest absolute Gasteiger partial charge is 0.480 e. The molecule has 1 aromatic rings. The minimum Gasteiger partial charge on any atom is -0.480 e. The zero-order chi connectivity index (χ0) is 14.3. The van der Waals surface area contributed by atoms with Crippen molar-refractivity contribution in [3.05, 3.63) is 35.4 Å². The van der Waals surface area contributed by atoms with Gasteiger partial charge in [0.1, 0.15) is 5.54 Å². The lowest BCUT2D eigenvalue weighted by molar-refractivity contribution is -0.150. The monoisotopic (exact) mass is 273 g/mol. The Labute approximate surface area is 120 Å². The van der Waals surface area contributed by atoms with Gasteiger partial charge in [-0.3, -0.25) is 9.69 Å². The third kappa shape index (κ3) is 1.96. The van der Waals surface area contributed by atoms with Gasteiger partial charge in [0.25, 0.3) is 0 Å². The van der Waals surface area contributed by atoms with Gasteiger partial charge in [-0.15, -0.1) is 0 Å². The van der Waals surface area contributed by atoms with Crippen molar-refractivity contribution in [2.24, 2.45) is 0 Å². The van der Waals surface area contributed by atoms with E-state index >= 15 is 0 Å². The minimum absolute atomic E-state index is 0.269. The molecule has 1 aromatic carbocycles. The maximum atomic E-state index is 11.7. The normalized spacial score (nSPS) is 33.9. The van der Waals surface area contributed by atoms with Crippen LogP contribution in [0, 0.1) is 0 Å². The van der Waals surface area contributed by atoms with Gasteiger partial charge in [0.2, 0.25) is 0 Å². The lowest BCUT2D eigenvalue weighted by Crippen LogP contribution is -2.50. The van der Waals surface area contributed by atoms with Crippen LogP contribution < -0.4 is 0 Å². The fourth-order valence-electron chi connectivity index (χ4n) is 4.02. The number of benzene rings is 1. The van der Waals surface area contributed by atoms with Gasteiger partial charge in [-0.1, -0.05) is 31.2 Å². The average Bonchev–Trinajstić information content (AvgIpc) is 2.83. The molecule has 20 heavy (non-hydrogen) atoms. The summed E-state index contributed by atoms with van der Waals surface area (Å²) in [5.74, 6) is -0.0905. The van der Waals surface area contributed by atoms with E-state index in [0.29, 0.717) is 5.92 Å². The van der Waals surface area contributed by atoms with Crippen molar-refractivity contribution >= 4 is 5.97 Å². The van der Waals surface area contributed by atoms with Crippen molar-refractivity contribution in [2.45, 2.75) is 57.0 Å². The number of carboxylic acids is 1. The smallest absolute Gasteiger partial charge is 0.323 e. The maximum Gasteiger partial charge on any atom is 0.323 e. The topological polar surface area (TPSA) is 40.5 Å². The van der Waals surface area contributed by atoms with Crippen LogP contribution in [0.2, 0.25) is 0 Å². The van der Waals surface area contributed by atoms with Crippen LogP contribution in [-0.2, 0) is 4.79 Å². The van der Waals surface area contributed by atoms with Gasteiger partial charge in [0.15, 0.2) is 0 Å². The highest BCUT2D eigenvalue weighted by Crippen LogP contribution is 2.45. The summed E-state index contributed by atoms with van der Waals surface area (Å²) in [6.45, 7) is 5.06. The number of carbonyl (C=O) groups is 1. The molecule has 0 amide bonds. The molecule has 0 spiro atoms. The van der Waals surface area contributed by atoms with Gasteiger partial charge in [0, 0.05) is 6.04 Å². The van der Waals surface area contributed by atoms with Crippen molar-refractivity contribution in [3.8, 4) is 0 Å². The molecule has 3 heteroatoms. The van der Waals surface area contributed by atoms with E-state index in [-0.39, 0.29) is 6.04 Å². The fourth-order valence-corrected chi connectivity index (χ4v) is 4.02. The van der Waals surface area contributed by atoms with E-state index in [9.17, 15) is 9.90 Å². The van der Waals surface area contributed by atoms with E-state index < -0.39 is 11.5 Å². The van der Waals surface area contributed by atoms with Gasteiger partial charge in [-0.05, 0) is 56.2 Å². The maximum absolute atomic E-state index is 11.7. The highest BCUT2D eigenvalue weighted by atomic mass is 16.4. The van der Waals surface area contributed by atoms with Crippen molar-refractivity contribution in [2.75, 3.05) is 6.54 Å². The van der Waals surface area contributed by atoms with E-state index in [0.717, 1.165) is 32.2 Å². The first-order valence-corrected chi connectivity index (χ1v) is 7.63. The van der Waals surface area contributed by atoms with E-state index in [2.05, 4.69) is 36.1 Å². The van der Waals surface area contributed by atoms with Crippen molar-refractivity contribution < 1.29 is 9.90 Å². The zero-order valence-corrected chi connectivity index (χ0v) is 12.3. The first kappa shape index (κ1) is 13.6. The van der Waals surface area contributed by atoms with Crippen molar-refractivity contribution in [1.82, 2.24) is 4.90 Å². The zero-order valence-electron chi connectivity index (χ0n) is 12.3. The Bertz CT molecular complexity index is 527. The van der Waals surface area contributed by atoms with Crippen molar-refractivity contribution in [3.63, 3.8) is 0 Å². The Morgan fingerprint density at radius 2 is 2.00 bits per heavy atom. The van der Waals surface area contributed by atoms with Crippen LogP contribution in [0.1, 0.15) is 62.6 Å². The highest BCUT2D eigenvalue weighted by molar-refractivity contribution is 5.78. The molecule has 108 valence electrons. The molecule has 0 bridgehead atoms. The second-order valence-electron chi connectivity index (χ2n) is 6.50. The quantitative estimate of drug-likeness (QED) is 0.895. The summed E-state index contributed by atoms with van der Waals surface area (Å²) in [4.78, 5) is 13.9. The van der Waals surface area contributed by atoms with Crippen LogP contribution in [0.15, 0.2) is 24.3 Å². The lowest BCUT2D eigenvalue weighted by atomic mass is 9.79. The number of rotatable bonds is 2. The Morgan fingerprint density at radius 3 is 2.70 bits per heavy atom. The molecule has 1 N–H and O–H groups in total. The number of hydrogen-bond acceptors (Lipinski definition) is 2. The standard InChI is InChI=1S/C17H23NO2/c1-12-8-9-15(14-7-4-3-6-13(12)14)18-11-5-10-17(18,2)16(19)20/h3-4,6-7,12,15H,5,8-11H2,1-2H3,(H,19,20). The summed E-state index contributed by atoms with van der Waals surface area (Å²) in [5.41, 5.74) is 2.06. The first-order valence-electron chi connectivity index (χ1n) is 7.63. The predicted molar refractivity (Wildman–Crippen MR) is 78.8 cm³/mol. The third-order valence-corrected chi connectivity index (χ3v) is 5.29. The van der Waals surface area contributed by atoms with Crippen LogP contribution in [0.25, 0.3) is 0 Å². The van der Waals surface area contributed by atoms with Crippen LogP contribution >= 0.6 is 0 Å². The Balaban J connectivity index is 1.99. The van der Waals surface area contributed by atoms with Gasteiger partial charge < -0.3 is 5.11 Å². The molecule has 1 aliphatic heterocycles. The molecular weight excluding hydrogens is 250 g/mol. The molecule has 0 radical (unpaired) electrons. The Hall–Kier alpha value is -1.35. The van der Waals surface area contributed by atoms with E-state index in [4.69, 9.17) is 0 Å². The molecule has 3 rings (SSSR count). The molecule has 1 heterocycles. The Morgan fingerprint density at radius 1 is 1.30 bits per heavy atom. The summed E-state index contributed by atoms with van der Waals surface area (Å²) in [7, 11) is 0. The van der Waals surface area contributed by atoms with Crippen LogP contribution in [-0.4, -0.2) is 28.1 Å². The average molecular weight is 273 g/mol. The predicted octanol–water partition coefficient (Wildman–Crippen LogP) is 3.56. The summed E-state index contributed by atoms with van der Waals surface area (Å²) in [5, 5.41) is 9.63. The lowest BCUT2D eigenvalue weighted by Gasteiger charge is -2.42. The molecule has 3 nitrogen and oxygen atoms in total. The number of nitrogens with zero attached hydrogens (tertiary/aromatic N) is 1. The molecule has 0 aromatic heterocycles. The second kappa shape index (κ2) is 4.88. The Kier molecular flexibility index (Phi) is 3.33. The number of likely N-dealkylation sites (tertiary alicyclic amines) is 1. The number of fused-ring (bicyclic) bond motifs is 1.